The number of benzene rings is 1. The van der Waals surface area contributed by atoms with Crippen LogP contribution in [0, 0.1) is 13.8 Å². The third-order valence-corrected chi connectivity index (χ3v) is 5.23. The van der Waals surface area contributed by atoms with Crippen LogP contribution >= 0.6 is 11.6 Å². The summed E-state index contributed by atoms with van der Waals surface area (Å²) in [6, 6.07) is 7.63. The van der Waals surface area contributed by atoms with E-state index in [0.29, 0.717) is 21.8 Å². The summed E-state index contributed by atoms with van der Waals surface area (Å²) in [5.74, 6) is -0.200. The number of aryl methyl sites for hydroxylation is 1. The lowest BCUT2D eigenvalue weighted by atomic mass is 9.71. The van der Waals surface area contributed by atoms with Crippen LogP contribution in [0.1, 0.15) is 63.9 Å². The first-order valence-corrected chi connectivity index (χ1v) is 8.50. The van der Waals surface area contributed by atoms with Crippen LogP contribution in [0.4, 0.5) is 0 Å². The Hall–Kier alpha value is -2.07. The highest BCUT2D eigenvalue weighted by molar-refractivity contribution is 6.30. The molecule has 0 spiro atoms. The van der Waals surface area contributed by atoms with Crippen LogP contribution in [0.5, 0.6) is 0 Å². The third-order valence-electron chi connectivity index (χ3n) is 4.97. The number of rotatable bonds is 4. The van der Waals surface area contributed by atoms with Crippen LogP contribution < -0.4 is 5.32 Å². The van der Waals surface area contributed by atoms with Crippen LogP contribution in [0.2, 0.25) is 5.02 Å². The summed E-state index contributed by atoms with van der Waals surface area (Å²) in [6.07, 6.45) is 2.88. The molecule has 0 saturated heterocycles. The molecule has 5 heteroatoms. The highest BCUT2D eigenvalue weighted by Crippen LogP contribution is 2.41. The molecule has 1 aliphatic carbocycles. The van der Waals surface area contributed by atoms with E-state index in [1.165, 1.54) is 6.92 Å². The van der Waals surface area contributed by atoms with Crippen molar-refractivity contribution in [3.8, 4) is 0 Å². The number of carbonyl (C=O) groups excluding carboxylic acids is 2. The fraction of sp³-hybridized carbons (Fsp3) is 0.368. The van der Waals surface area contributed by atoms with E-state index < -0.39 is 0 Å². The van der Waals surface area contributed by atoms with E-state index in [4.69, 9.17) is 11.6 Å². The Morgan fingerprint density at radius 2 is 1.79 bits per heavy atom. The molecule has 2 aromatic rings. The molecule has 1 amide bonds. The average Bonchev–Trinajstić information content (AvgIpc) is 2.79. The predicted octanol–water partition coefficient (Wildman–Crippen LogP) is 4.30. The Morgan fingerprint density at radius 3 is 2.25 bits per heavy atom. The van der Waals surface area contributed by atoms with Crippen LogP contribution in [-0.2, 0) is 5.54 Å². The summed E-state index contributed by atoms with van der Waals surface area (Å²) in [4.78, 5) is 27.7. The minimum Gasteiger partial charge on any atom is -0.354 e. The van der Waals surface area contributed by atoms with Gasteiger partial charge in [-0.25, -0.2) is 0 Å². The zero-order chi connectivity index (χ0) is 17.5. The molecule has 1 aliphatic rings. The second-order valence-electron chi connectivity index (χ2n) is 6.58. The maximum absolute atomic E-state index is 12.8. The van der Waals surface area contributed by atoms with E-state index in [2.05, 4.69) is 10.3 Å². The van der Waals surface area contributed by atoms with Gasteiger partial charge < -0.3 is 10.3 Å². The van der Waals surface area contributed by atoms with Gasteiger partial charge in [0.15, 0.2) is 5.78 Å². The first-order chi connectivity index (χ1) is 11.3. The third kappa shape index (κ3) is 2.75. The molecule has 24 heavy (non-hydrogen) atoms. The number of aromatic amines is 1. The van der Waals surface area contributed by atoms with Gasteiger partial charge in [0.2, 0.25) is 0 Å². The van der Waals surface area contributed by atoms with Crippen LogP contribution in [0.3, 0.4) is 0 Å². The Labute approximate surface area is 146 Å². The van der Waals surface area contributed by atoms with Crippen molar-refractivity contribution in [3.63, 3.8) is 0 Å². The number of ketones is 1. The molecule has 1 heterocycles. The molecule has 1 saturated carbocycles. The van der Waals surface area contributed by atoms with Crippen molar-refractivity contribution in [2.24, 2.45) is 0 Å². The number of hydrogen-bond donors (Lipinski definition) is 2. The first kappa shape index (κ1) is 16.8. The van der Waals surface area contributed by atoms with E-state index >= 15 is 0 Å². The van der Waals surface area contributed by atoms with Crippen molar-refractivity contribution in [2.45, 2.75) is 45.6 Å². The summed E-state index contributed by atoms with van der Waals surface area (Å²) >= 11 is 5.97. The Bertz CT molecular complexity index is 802. The molecule has 3 rings (SSSR count). The van der Waals surface area contributed by atoms with Gasteiger partial charge in [0.05, 0.1) is 5.54 Å². The summed E-state index contributed by atoms with van der Waals surface area (Å²) in [5.41, 5.74) is 3.25. The van der Waals surface area contributed by atoms with E-state index in [-0.39, 0.29) is 17.2 Å². The Balaban J connectivity index is 1.90. The van der Waals surface area contributed by atoms with Crippen molar-refractivity contribution in [1.82, 2.24) is 10.3 Å². The lowest BCUT2D eigenvalue weighted by Crippen LogP contribution is -2.51. The maximum Gasteiger partial charge on any atom is 0.268 e. The number of Topliss-reactive ketones (excluding diaryl/α,β-unsaturated/α-hetero) is 1. The van der Waals surface area contributed by atoms with Gasteiger partial charge in [-0.3, -0.25) is 9.59 Å². The van der Waals surface area contributed by atoms with E-state index in [1.54, 1.807) is 0 Å². The highest BCUT2D eigenvalue weighted by Gasteiger charge is 2.40. The standard InChI is InChI=1S/C19H21ClN2O2/c1-11-16(13(3)23)12(2)21-17(11)18(24)22-19(9-4-10-19)14-5-7-15(20)8-6-14/h5-8,21H,4,9-10H2,1-3H3,(H,22,24). The van der Waals surface area contributed by atoms with Gasteiger partial charge >= 0.3 is 0 Å². The largest absolute Gasteiger partial charge is 0.354 e. The van der Waals surface area contributed by atoms with Gasteiger partial charge in [0, 0.05) is 16.3 Å². The van der Waals surface area contributed by atoms with Crippen molar-refractivity contribution < 1.29 is 9.59 Å². The molecule has 4 nitrogen and oxygen atoms in total. The second-order valence-corrected chi connectivity index (χ2v) is 7.01. The molecule has 0 radical (unpaired) electrons. The molecule has 0 atom stereocenters. The number of amides is 1. The van der Waals surface area contributed by atoms with Gasteiger partial charge in [-0.15, -0.1) is 0 Å². The highest BCUT2D eigenvalue weighted by atomic mass is 35.5. The number of nitrogens with one attached hydrogen (secondary N) is 2. The molecule has 126 valence electrons. The van der Waals surface area contributed by atoms with Crippen molar-refractivity contribution >= 4 is 23.3 Å². The van der Waals surface area contributed by atoms with Crippen LogP contribution in [0.25, 0.3) is 0 Å². The number of H-pyrrole nitrogens is 1. The molecule has 0 bridgehead atoms. The van der Waals surface area contributed by atoms with Crippen LogP contribution in [-0.4, -0.2) is 16.7 Å². The van der Waals surface area contributed by atoms with E-state index in [0.717, 1.165) is 30.5 Å². The first-order valence-electron chi connectivity index (χ1n) is 8.13. The van der Waals surface area contributed by atoms with Gasteiger partial charge in [-0.05, 0) is 63.3 Å². The molecule has 0 aliphatic heterocycles. The molecular formula is C19H21ClN2O2. The topological polar surface area (TPSA) is 62.0 Å². The molecule has 0 unspecified atom stereocenters. The fourth-order valence-electron chi connectivity index (χ4n) is 3.57. The summed E-state index contributed by atoms with van der Waals surface area (Å²) < 4.78 is 0. The number of hydrogen-bond acceptors (Lipinski definition) is 2. The minimum atomic E-state index is -0.344. The van der Waals surface area contributed by atoms with Crippen molar-refractivity contribution in [3.05, 3.63) is 57.4 Å². The zero-order valence-corrected chi connectivity index (χ0v) is 14.9. The predicted molar refractivity (Wildman–Crippen MR) is 94.7 cm³/mol. The van der Waals surface area contributed by atoms with Crippen LogP contribution in [0.15, 0.2) is 24.3 Å². The fourth-order valence-corrected chi connectivity index (χ4v) is 3.70. The molecule has 1 aromatic carbocycles. The van der Waals surface area contributed by atoms with E-state index in [9.17, 15) is 9.59 Å². The average molecular weight is 345 g/mol. The number of halogens is 1. The molecule has 2 N–H and O–H groups in total. The smallest absolute Gasteiger partial charge is 0.268 e. The summed E-state index contributed by atoms with van der Waals surface area (Å²) in [7, 11) is 0. The summed E-state index contributed by atoms with van der Waals surface area (Å²) in [6.45, 7) is 5.15. The zero-order valence-electron chi connectivity index (χ0n) is 14.1. The molecule has 1 aromatic heterocycles. The molecular weight excluding hydrogens is 324 g/mol. The van der Waals surface area contributed by atoms with Crippen molar-refractivity contribution in [1.29, 1.82) is 0 Å². The minimum absolute atomic E-state index is 0.0311. The monoisotopic (exact) mass is 344 g/mol. The number of carbonyl (C=O) groups is 2. The van der Waals surface area contributed by atoms with Crippen molar-refractivity contribution in [2.75, 3.05) is 0 Å². The second kappa shape index (κ2) is 6.10. The van der Waals surface area contributed by atoms with Gasteiger partial charge in [0.1, 0.15) is 5.69 Å². The Morgan fingerprint density at radius 1 is 1.17 bits per heavy atom. The van der Waals surface area contributed by atoms with Gasteiger partial charge in [-0.1, -0.05) is 23.7 Å². The SMILES string of the molecule is CC(=O)c1c(C)[nH]c(C(=O)NC2(c3ccc(Cl)cc3)CCC2)c1C. The van der Waals surface area contributed by atoms with Gasteiger partial charge in [0.25, 0.3) is 5.91 Å². The normalized spacial score (nSPS) is 15.7. The van der Waals surface area contributed by atoms with Gasteiger partial charge in [-0.2, -0.15) is 0 Å². The lowest BCUT2D eigenvalue weighted by molar-refractivity contribution is 0.0818. The Kier molecular flexibility index (Phi) is 4.26. The maximum atomic E-state index is 12.8. The lowest BCUT2D eigenvalue weighted by Gasteiger charge is -2.43. The molecule has 1 fully saturated rings. The van der Waals surface area contributed by atoms with E-state index in [1.807, 2.05) is 38.1 Å². The number of aromatic nitrogens is 1. The quantitative estimate of drug-likeness (QED) is 0.812. The summed E-state index contributed by atoms with van der Waals surface area (Å²) in [5, 5.41) is 3.86.